The van der Waals surface area contributed by atoms with Crippen LogP contribution in [0.15, 0.2) is 79.0 Å². The molecule has 1 unspecified atom stereocenters. The lowest BCUT2D eigenvalue weighted by molar-refractivity contribution is 0.195. The van der Waals surface area contributed by atoms with Gasteiger partial charge in [0.25, 0.3) is 0 Å². The molecule has 3 aromatic rings. The Kier molecular flexibility index (Phi) is 3.68. The summed E-state index contributed by atoms with van der Waals surface area (Å²) in [5.41, 5.74) is 2.47. The zero-order valence-corrected chi connectivity index (χ0v) is 12.8. The van der Waals surface area contributed by atoms with Gasteiger partial charge in [0.2, 0.25) is 0 Å². The molecule has 2 heterocycles. The lowest BCUT2D eigenvalue weighted by Crippen LogP contribution is -2.35. The minimum Gasteiger partial charge on any atom is -0.480 e. The zero-order chi connectivity index (χ0) is 15.5. The van der Waals surface area contributed by atoms with Gasteiger partial charge in [0.15, 0.2) is 11.6 Å². The maximum atomic E-state index is 6.18. The Morgan fingerprint density at radius 1 is 0.913 bits per heavy atom. The second-order valence-electron chi connectivity index (χ2n) is 5.71. The van der Waals surface area contributed by atoms with Gasteiger partial charge in [0, 0.05) is 12.7 Å². The largest absolute Gasteiger partial charge is 0.480 e. The van der Waals surface area contributed by atoms with Gasteiger partial charge in [-0.3, -0.25) is 0 Å². The van der Waals surface area contributed by atoms with E-state index in [2.05, 4.69) is 58.4 Å². The van der Waals surface area contributed by atoms with Crippen molar-refractivity contribution in [2.75, 3.05) is 11.4 Å². The second kappa shape index (κ2) is 6.13. The van der Waals surface area contributed by atoms with E-state index in [0.29, 0.717) is 0 Å². The van der Waals surface area contributed by atoms with E-state index in [4.69, 9.17) is 4.74 Å². The molecule has 0 radical (unpaired) electrons. The van der Waals surface area contributed by atoms with Gasteiger partial charge in [-0.1, -0.05) is 60.7 Å². The van der Waals surface area contributed by atoms with Crippen molar-refractivity contribution in [3.8, 4) is 5.75 Å². The third-order valence-electron chi connectivity index (χ3n) is 4.09. The molecule has 0 bridgehead atoms. The molecule has 3 nitrogen and oxygen atoms in total. The van der Waals surface area contributed by atoms with Crippen LogP contribution in [0.2, 0.25) is 0 Å². The molecule has 1 atom stereocenters. The van der Waals surface area contributed by atoms with Crippen LogP contribution in [0.25, 0.3) is 0 Å². The Balaban J connectivity index is 1.67. The average Bonchev–Trinajstić information content (AvgIpc) is 2.63. The van der Waals surface area contributed by atoms with Crippen molar-refractivity contribution in [2.24, 2.45) is 0 Å². The quantitative estimate of drug-likeness (QED) is 0.724. The molecule has 1 aliphatic rings. The van der Waals surface area contributed by atoms with Crippen LogP contribution in [0.4, 0.5) is 5.82 Å². The molecule has 0 spiro atoms. The van der Waals surface area contributed by atoms with Gasteiger partial charge >= 0.3 is 0 Å². The van der Waals surface area contributed by atoms with Gasteiger partial charge in [-0.25, -0.2) is 4.98 Å². The average molecular weight is 302 g/mol. The Morgan fingerprint density at radius 3 is 2.43 bits per heavy atom. The summed E-state index contributed by atoms with van der Waals surface area (Å²) in [7, 11) is 0. The Bertz CT molecular complexity index is 774. The summed E-state index contributed by atoms with van der Waals surface area (Å²) in [5.74, 6) is 1.77. The molecule has 0 fully saturated rings. The van der Waals surface area contributed by atoms with Gasteiger partial charge in [-0.05, 0) is 23.3 Å². The normalized spacial score (nSPS) is 16.5. The minimum atomic E-state index is 0.0246. The summed E-state index contributed by atoms with van der Waals surface area (Å²) in [6, 6.07) is 24.8. The van der Waals surface area contributed by atoms with E-state index >= 15 is 0 Å². The van der Waals surface area contributed by atoms with Crippen molar-refractivity contribution < 1.29 is 4.74 Å². The van der Waals surface area contributed by atoms with Gasteiger partial charge in [0.1, 0.15) is 6.10 Å². The first kappa shape index (κ1) is 13.8. The zero-order valence-electron chi connectivity index (χ0n) is 12.8. The van der Waals surface area contributed by atoms with Crippen LogP contribution in [0.3, 0.4) is 0 Å². The fraction of sp³-hybridized carbons (Fsp3) is 0.150. The van der Waals surface area contributed by atoms with Crippen LogP contribution in [-0.4, -0.2) is 11.5 Å². The summed E-state index contributed by atoms with van der Waals surface area (Å²) in [6.07, 6.45) is 1.85. The summed E-state index contributed by atoms with van der Waals surface area (Å²) >= 11 is 0. The fourth-order valence-electron chi connectivity index (χ4n) is 2.97. The molecule has 0 saturated heterocycles. The number of nitrogens with zero attached hydrogens (tertiary/aromatic N) is 2. The van der Waals surface area contributed by atoms with Crippen molar-refractivity contribution in [3.63, 3.8) is 0 Å². The molecule has 4 rings (SSSR count). The Hall–Kier alpha value is -2.81. The molecule has 0 N–H and O–H groups in total. The highest BCUT2D eigenvalue weighted by atomic mass is 16.5. The lowest BCUT2D eigenvalue weighted by atomic mass is 10.1. The summed E-state index contributed by atoms with van der Waals surface area (Å²) in [6.45, 7) is 1.63. The van der Waals surface area contributed by atoms with Crippen LogP contribution in [0.1, 0.15) is 17.2 Å². The van der Waals surface area contributed by atoms with E-state index in [-0.39, 0.29) is 6.10 Å². The number of rotatable bonds is 3. The summed E-state index contributed by atoms with van der Waals surface area (Å²) < 4.78 is 6.18. The SMILES string of the molecule is c1ccc(CN2CC(c3ccccc3)Oc3cccnc32)cc1. The maximum absolute atomic E-state index is 6.18. The van der Waals surface area contributed by atoms with Crippen LogP contribution in [0.5, 0.6) is 5.75 Å². The third kappa shape index (κ3) is 2.90. The van der Waals surface area contributed by atoms with Gasteiger partial charge in [0.05, 0.1) is 6.54 Å². The first-order chi connectivity index (χ1) is 11.4. The molecule has 114 valence electrons. The number of aromatic nitrogens is 1. The lowest BCUT2D eigenvalue weighted by Gasteiger charge is -2.35. The molecular formula is C20H18N2O. The smallest absolute Gasteiger partial charge is 0.171 e. The second-order valence-corrected chi connectivity index (χ2v) is 5.71. The number of pyridine rings is 1. The number of benzene rings is 2. The Labute approximate surface area is 136 Å². The number of hydrogen-bond acceptors (Lipinski definition) is 3. The number of anilines is 1. The first-order valence-corrected chi connectivity index (χ1v) is 7.85. The van der Waals surface area contributed by atoms with E-state index in [9.17, 15) is 0 Å². The molecule has 0 saturated carbocycles. The van der Waals surface area contributed by atoms with Gasteiger partial charge in [-0.2, -0.15) is 0 Å². The van der Waals surface area contributed by atoms with Crippen LogP contribution < -0.4 is 9.64 Å². The molecule has 1 aromatic heterocycles. The minimum absolute atomic E-state index is 0.0246. The van der Waals surface area contributed by atoms with E-state index < -0.39 is 0 Å². The first-order valence-electron chi connectivity index (χ1n) is 7.85. The van der Waals surface area contributed by atoms with E-state index in [0.717, 1.165) is 24.7 Å². The number of hydrogen-bond donors (Lipinski definition) is 0. The van der Waals surface area contributed by atoms with Crippen molar-refractivity contribution in [1.29, 1.82) is 0 Å². The topological polar surface area (TPSA) is 25.4 Å². The van der Waals surface area contributed by atoms with Crippen molar-refractivity contribution in [3.05, 3.63) is 90.1 Å². The standard InChI is InChI=1S/C20H18N2O/c1-3-8-16(9-4-1)14-22-15-19(17-10-5-2-6-11-17)23-18-12-7-13-21-20(18)22/h1-13,19H,14-15H2. The monoisotopic (exact) mass is 302 g/mol. The highest BCUT2D eigenvalue weighted by molar-refractivity contribution is 5.55. The van der Waals surface area contributed by atoms with Crippen molar-refractivity contribution in [1.82, 2.24) is 4.98 Å². The molecule has 0 amide bonds. The van der Waals surface area contributed by atoms with Crippen molar-refractivity contribution in [2.45, 2.75) is 12.6 Å². The van der Waals surface area contributed by atoms with E-state index in [1.54, 1.807) is 0 Å². The molecule has 23 heavy (non-hydrogen) atoms. The van der Waals surface area contributed by atoms with Gasteiger partial charge < -0.3 is 9.64 Å². The molecule has 3 heteroatoms. The molecule has 0 aliphatic carbocycles. The molecule has 2 aromatic carbocycles. The fourth-order valence-corrected chi connectivity index (χ4v) is 2.97. The number of ether oxygens (including phenoxy) is 1. The maximum Gasteiger partial charge on any atom is 0.171 e. The highest BCUT2D eigenvalue weighted by Gasteiger charge is 2.27. The summed E-state index contributed by atoms with van der Waals surface area (Å²) in [5, 5.41) is 0. The van der Waals surface area contributed by atoms with Crippen molar-refractivity contribution >= 4 is 5.82 Å². The Morgan fingerprint density at radius 2 is 1.65 bits per heavy atom. The van der Waals surface area contributed by atoms with Crippen LogP contribution in [0, 0.1) is 0 Å². The predicted octanol–water partition coefficient (Wildman–Crippen LogP) is 4.22. The highest BCUT2D eigenvalue weighted by Crippen LogP contribution is 2.36. The van der Waals surface area contributed by atoms with E-state index in [1.165, 1.54) is 11.1 Å². The third-order valence-corrected chi connectivity index (χ3v) is 4.09. The van der Waals surface area contributed by atoms with Crippen LogP contribution >= 0.6 is 0 Å². The molecular weight excluding hydrogens is 284 g/mol. The van der Waals surface area contributed by atoms with E-state index in [1.807, 2.05) is 30.5 Å². The summed E-state index contributed by atoms with van der Waals surface area (Å²) in [4.78, 5) is 6.82. The van der Waals surface area contributed by atoms with Crippen LogP contribution in [-0.2, 0) is 6.54 Å². The molecule has 1 aliphatic heterocycles. The predicted molar refractivity (Wildman–Crippen MR) is 91.5 cm³/mol. The number of fused-ring (bicyclic) bond motifs is 1. The van der Waals surface area contributed by atoms with Gasteiger partial charge in [-0.15, -0.1) is 0 Å².